The van der Waals surface area contributed by atoms with Crippen molar-refractivity contribution in [2.45, 2.75) is 33.4 Å². The van der Waals surface area contributed by atoms with E-state index in [9.17, 15) is 0 Å². The number of amidine groups is 1. The molecule has 0 saturated carbocycles. The number of nitrogens with two attached hydrogens (primary N) is 1. The van der Waals surface area contributed by atoms with E-state index in [1.54, 1.807) is 12.1 Å². The number of aryl methyl sites for hydroxylation is 2. The quantitative estimate of drug-likeness (QED) is 0.620. The predicted molar refractivity (Wildman–Crippen MR) is 86.8 cm³/mol. The number of ether oxygens (including phenoxy) is 1. The first-order chi connectivity index (χ1) is 10.1. The molecule has 0 aliphatic heterocycles. The van der Waals surface area contributed by atoms with Crippen LogP contribution in [0.4, 0.5) is 0 Å². The van der Waals surface area contributed by atoms with Gasteiger partial charge < -0.3 is 10.5 Å². The number of benzene rings is 1. The highest BCUT2D eigenvalue weighted by Crippen LogP contribution is 2.24. The number of nitrogens with zero attached hydrogens (tertiary/aromatic N) is 2. The topological polar surface area (TPSA) is 76.9 Å². The Morgan fingerprint density at radius 2 is 2.00 bits per heavy atom. The minimum atomic E-state index is 0.0564. The van der Waals surface area contributed by atoms with Crippen LogP contribution in [0, 0.1) is 5.41 Å². The maximum Gasteiger partial charge on any atom is 0.131 e. The van der Waals surface area contributed by atoms with Crippen LogP contribution in [0.1, 0.15) is 30.8 Å². The van der Waals surface area contributed by atoms with Crippen molar-refractivity contribution in [1.82, 2.24) is 9.78 Å². The van der Waals surface area contributed by atoms with Gasteiger partial charge in [-0.15, -0.1) is 0 Å². The summed E-state index contributed by atoms with van der Waals surface area (Å²) in [6.07, 6.45) is 0.883. The Labute approximate surface area is 132 Å². The zero-order valence-corrected chi connectivity index (χ0v) is 13.8. The Kier molecular flexibility index (Phi) is 5.01. The number of aromatic nitrogens is 2. The maximum absolute atomic E-state index is 7.37. The fraction of sp³-hybridized carbons (Fsp3) is 0.333. The molecule has 112 valence electrons. The van der Waals surface area contributed by atoms with Crippen LogP contribution in [0.25, 0.3) is 0 Å². The summed E-state index contributed by atoms with van der Waals surface area (Å²) in [6, 6.07) is 7.19. The van der Waals surface area contributed by atoms with Gasteiger partial charge in [-0.25, -0.2) is 0 Å². The summed E-state index contributed by atoms with van der Waals surface area (Å²) in [7, 11) is 0. The van der Waals surface area contributed by atoms with Crippen molar-refractivity contribution in [3.63, 3.8) is 0 Å². The van der Waals surface area contributed by atoms with Crippen LogP contribution in [0.15, 0.2) is 28.7 Å². The van der Waals surface area contributed by atoms with E-state index < -0.39 is 0 Å². The molecule has 3 N–H and O–H groups in total. The van der Waals surface area contributed by atoms with Crippen molar-refractivity contribution >= 4 is 21.8 Å². The summed E-state index contributed by atoms with van der Waals surface area (Å²) < 4.78 is 8.78. The molecular weight excluding hydrogens is 332 g/mol. The second-order valence-electron chi connectivity index (χ2n) is 4.60. The molecule has 0 unspecified atom stereocenters. The Balaban J connectivity index is 2.12. The second kappa shape index (κ2) is 6.76. The average molecular weight is 351 g/mol. The van der Waals surface area contributed by atoms with Crippen molar-refractivity contribution in [3.8, 4) is 5.75 Å². The predicted octanol–water partition coefficient (Wildman–Crippen LogP) is 3.09. The van der Waals surface area contributed by atoms with Crippen molar-refractivity contribution in [3.05, 3.63) is 45.7 Å². The molecule has 0 saturated heterocycles. The van der Waals surface area contributed by atoms with Gasteiger partial charge in [0.25, 0.3) is 0 Å². The Morgan fingerprint density at radius 3 is 2.52 bits per heavy atom. The number of nitrogen functional groups attached to an aromatic ring is 1. The summed E-state index contributed by atoms with van der Waals surface area (Å²) in [5.41, 5.74) is 8.20. The van der Waals surface area contributed by atoms with Crippen molar-refractivity contribution in [1.29, 1.82) is 5.41 Å². The molecule has 0 spiro atoms. The fourth-order valence-corrected chi connectivity index (χ4v) is 2.72. The monoisotopic (exact) mass is 350 g/mol. The minimum Gasteiger partial charge on any atom is -0.487 e. The molecular formula is C15H19BrN4O. The number of halogens is 1. The molecule has 1 aromatic carbocycles. The zero-order chi connectivity index (χ0) is 15.4. The van der Waals surface area contributed by atoms with E-state index in [0.29, 0.717) is 12.2 Å². The first-order valence-electron chi connectivity index (χ1n) is 6.88. The fourth-order valence-electron chi connectivity index (χ4n) is 2.04. The van der Waals surface area contributed by atoms with Gasteiger partial charge in [-0.2, -0.15) is 5.10 Å². The lowest BCUT2D eigenvalue weighted by Gasteiger charge is -2.09. The van der Waals surface area contributed by atoms with Gasteiger partial charge in [0.15, 0.2) is 0 Å². The van der Waals surface area contributed by atoms with E-state index in [4.69, 9.17) is 15.9 Å². The van der Waals surface area contributed by atoms with Crippen LogP contribution < -0.4 is 10.5 Å². The molecule has 21 heavy (non-hydrogen) atoms. The Bertz CT molecular complexity index is 634. The molecule has 0 aliphatic carbocycles. The number of hydrogen-bond donors (Lipinski definition) is 2. The molecule has 1 heterocycles. The molecule has 1 aromatic heterocycles. The summed E-state index contributed by atoms with van der Waals surface area (Å²) in [6.45, 7) is 5.39. The van der Waals surface area contributed by atoms with Crippen LogP contribution in [-0.4, -0.2) is 15.6 Å². The summed E-state index contributed by atoms with van der Waals surface area (Å²) in [5, 5.41) is 11.9. The number of hydrogen-bond acceptors (Lipinski definition) is 3. The van der Waals surface area contributed by atoms with E-state index in [0.717, 1.165) is 34.6 Å². The minimum absolute atomic E-state index is 0.0564. The highest BCUT2D eigenvalue weighted by atomic mass is 79.9. The number of rotatable bonds is 6. The normalized spacial score (nSPS) is 10.6. The van der Waals surface area contributed by atoms with Crippen molar-refractivity contribution in [2.24, 2.45) is 5.73 Å². The van der Waals surface area contributed by atoms with Crippen LogP contribution >= 0.6 is 15.9 Å². The molecule has 0 aliphatic rings. The summed E-state index contributed by atoms with van der Waals surface area (Å²) in [4.78, 5) is 0. The molecule has 2 rings (SSSR count). The molecule has 5 nitrogen and oxygen atoms in total. The Morgan fingerprint density at radius 1 is 1.33 bits per heavy atom. The standard InChI is InChI=1S/C15H19BrN4O/c1-3-12-14(16)13(20(4-2)19-12)9-21-11-7-5-10(6-8-11)15(17)18/h5-8H,3-4,9H2,1-2H3,(H3,17,18). The van der Waals surface area contributed by atoms with E-state index in [1.165, 1.54) is 0 Å². The first kappa shape index (κ1) is 15.6. The van der Waals surface area contributed by atoms with Gasteiger partial charge in [0, 0.05) is 12.1 Å². The third-order valence-corrected chi connectivity index (χ3v) is 4.15. The van der Waals surface area contributed by atoms with Crippen LogP contribution in [0.5, 0.6) is 5.75 Å². The van der Waals surface area contributed by atoms with E-state index >= 15 is 0 Å². The maximum atomic E-state index is 7.37. The third kappa shape index (κ3) is 3.44. The molecule has 2 aromatic rings. The third-order valence-electron chi connectivity index (χ3n) is 3.24. The highest BCUT2D eigenvalue weighted by Gasteiger charge is 2.14. The molecule has 0 radical (unpaired) electrons. The Hall–Kier alpha value is -1.82. The van der Waals surface area contributed by atoms with E-state index in [-0.39, 0.29) is 5.84 Å². The first-order valence-corrected chi connectivity index (χ1v) is 7.67. The molecule has 6 heteroatoms. The van der Waals surface area contributed by atoms with Gasteiger partial charge in [0.05, 0.1) is 15.9 Å². The van der Waals surface area contributed by atoms with Gasteiger partial charge in [0.2, 0.25) is 0 Å². The van der Waals surface area contributed by atoms with Gasteiger partial charge in [-0.3, -0.25) is 10.1 Å². The molecule has 0 atom stereocenters. The smallest absolute Gasteiger partial charge is 0.131 e. The molecule has 0 bridgehead atoms. The summed E-state index contributed by atoms with van der Waals surface area (Å²) >= 11 is 3.60. The lowest BCUT2D eigenvalue weighted by molar-refractivity contribution is 0.291. The van der Waals surface area contributed by atoms with Gasteiger partial charge in [-0.05, 0) is 53.5 Å². The average Bonchev–Trinajstić information content (AvgIpc) is 2.81. The molecule has 0 amide bonds. The lowest BCUT2D eigenvalue weighted by Crippen LogP contribution is -2.10. The van der Waals surface area contributed by atoms with E-state index in [2.05, 4.69) is 34.9 Å². The van der Waals surface area contributed by atoms with Crippen molar-refractivity contribution < 1.29 is 4.74 Å². The highest BCUT2D eigenvalue weighted by molar-refractivity contribution is 9.10. The van der Waals surface area contributed by atoms with E-state index in [1.807, 2.05) is 16.8 Å². The van der Waals surface area contributed by atoms with Crippen LogP contribution in [-0.2, 0) is 19.6 Å². The van der Waals surface area contributed by atoms with Gasteiger partial charge in [-0.1, -0.05) is 6.92 Å². The largest absolute Gasteiger partial charge is 0.487 e. The zero-order valence-electron chi connectivity index (χ0n) is 12.2. The second-order valence-corrected chi connectivity index (χ2v) is 5.40. The van der Waals surface area contributed by atoms with Gasteiger partial charge in [0.1, 0.15) is 18.2 Å². The number of nitrogens with one attached hydrogen (secondary N) is 1. The summed E-state index contributed by atoms with van der Waals surface area (Å²) in [5.74, 6) is 0.801. The SMILES string of the molecule is CCc1nn(CC)c(COc2ccc(C(=N)N)cc2)c1Br. The molecule has 0 fully saturated rings. The van der Waals surface area contributed by atoms with Crippen LogP contribution in [0.3, 0.4) is 0 Å². The van der Waals surface area contributed by atoms with Gasteiger partial charge >= 0.3 is 0 Å². The lowest BCUT2D eigenvalue weighted by atomic mass is 10.2. The van der Waals surface area contributed by atoms with Crippen molar-refractivity contribution in [2.75, 3.05) is 0 Å². The van der Waals surface area contributed by atoms with Crippen LogP contribution in [0.2, 0.25) is 0 Å².